The lowest BCUT2D eigenvalue weighted by molar-refractivity contribution is 0.546. The Bertz CT molecular complexity index is 565. The lowest BCUT2D eigenvalue weighted by Crippen LogP contribution is -2.24. The van der Waals surface area contributed by atoms with E-state index in [0.717, 1.165) is 36.9 Å². The molecule has 21 heavy (non-hydrogen) atoms. The second-order valence-electron chi connectivity index (χ2n) is 5.40. The number of nitrogens with one attached hydrogen (secondary N) is 1. The van der Waals surface area contributed by atoms with E-state index in [-0.39, 0.29) is 11.9 Å². The number of rotatable bonds is 7. The fourth-order valence-corrected chi connectivity index (χ4v) is 2.62. The van der Waals surface area contributed by atoms with E-state index in [4.69, 9.17) is 0 Å². The summed E-state index contributed by atoms with van der Waals surface area (Å²) >= 11 is 0. The summed E-state index contributed by atoms with van der Waals surface area (Å²) in [6.07, 6.45) is 3.21. The maximum Gasteiger partial charge on any atom is 0.128 e. The van der Waals surface area contributed by atoms with Gasteiger partial charge in [0.05, 0.1) is 6.04 Å². The van der Waals surface area contributed by atoms with Crippen molar-refractivity contribution in [3.05, 3.63) is 71.0 Å². The first-order valence-electron chi connectivity index (χ1n) is 7.83. The van der Waals surface area contributed by atoms with Crippen LogP contribution in [0.1, 0.15) is 49.4 Å². The Hall–Kier alpha value is -1.67. The van der Waals surface area contributed by atoms with Crippen LogP contribution in [0.4, 0.5) is 4.39 Å². The van der Waals surface area contributed by atoms with Crippen molar-refractivity contribution in [2.75, 3.05) is 6.54 Å². The van der Waals surface area contributed by atoms with E-state index in [1.807, 2.05) is 12.1 Å². The Morgan fingerprint density at radius 3 is 2.52 bits per heavy atom. The van der Waals surface area contributed by atoms with Crippen molar-refractivity contribution < 1.29 is 4.39 Å². The molecule has 0 aliphatic rings. The number of benzene rings is 2. The molecular weight excluding hydrogens is 261 g/mol. The van der Waals surface area contributed by atoms with Crippen molar-refractivity contribution in [2.24, 2.45) is 0 Å². The first kappa shape index (κ1) is 15.7. The molecule has 0 aromatic heterocycles. The molecule has 1 nitrogen and oxygen atoms in total. The SMILES string of the molecule is CCCNC(c1cccc(CCC)c1)c1ccccc1F. The van der Waals surface area contributed by atoms with Crippen LogP contribution in [0.3, 0.4) is 0 Å². The molecule has 0 saturated carbocycles. The van der Waals surface area contributed by atoms with Crippen LogP contribution in [-0.2, 0) is 6.42 Å². The second kappa shape index (κ2) is 7.94. The zero-order valence-corrected chi connectivity index (χ0v) is 12.9. The van der Waals surface area contributed by atoms with Gasteiger partial charge < -0.3 is 5.32 Å². The fourth-order valence-electron chi connectivity index (χ4n) is 2.62. The van der Waals surface area contributed by atoms with Gasteiger partial charge in [-0.05, 0) is 36.6 Å². The second-order valence-corrected chi connectivity index (χ2v) is 5.40. The summed E-state index contributed by atoms with van der Waals surface area (Å²) in [6, 6.07) is 15.5. The Balaban J connectivity index is 2.36. The highest BCUT2D eigenvalue weighted by molar-refractivity contribution is 5.35. The predicted molar refractivity (Wildman–Crippen MR) is 87.0 cm³/mol. The number of halogens is 1. The van der Waals surface area contributed by atoms with Crippen LogP contribution in [0.15, 0.2) is 48.5 Å². The quantitative estimate of drug-likeness (QED) is 0.765. The minimum absolute atomic E-state index is 0.0806. The molecule has 1 unspecified atom stereocenters. The fraction of sp³-hybridized carbons (Fsp3) is 0.368. The smallest absolute Gasteiger partial charge is 0.128 e. The van der Waals surface area contributed by atoms with Gasteiger partial charge in [0.15, 0.2) is 0 Å². The zero-order valence-electron chi connectivity index (χ0n) is 12.9. The molecule has 0 saturated heterocycles. The van der Waals surface area contributed by atoms with Gasteiger partial charge in [0, 0.05) is 5.56 Å². The molecule has 0 aliphatic heterocycles. The highest BCUT2D eigenvalue weighted by Crippen LogP contribution is 2.25. The zero-order chi connectivity index (χ0) is 15.1. The molecule has 2 aromatic rings. The van der Waals surface area contributed by atoms with Gasteiger partial charge in [0.2, 0.25) is 0 Å². The van der Waals surface area contributed by atoms with Crippen molar-refractivity contribution in [1.82, 2.24) is 5.32 Å². The third kappa shape index (κ3) is 4.15. The average Bonchev–Trinajstić information content (AvgIpc) is 2.50. The summed E-state index contributed by atoms with van der Waals surface area (Å²) < 4.78 is 14.2. The summed E-state index contributed by atoms with van der Waals surface area (Å²) in [6.45, 7) is 5.17. The Kier molecular flexibility index (Phi) is 5.94. The van der Waals surface area contributed by atoms with Crippen molar-refractivity contribution in [3.8, 4) is 0 Å². The molecular formula is C19H24FN. The molecule has 0 spiro atoms. The van der Waals surface area contributed by atoms with Gasteiger partial charge >= 0.3 is 0 Å². The van der Waals surface area contributed by atoms with Gasteiger partial charge in [-0.25, -0.2) is 4.39 Å². The van der Waals surface area contributed by atoms with Gasteiger partial charge in [0.25, 0.3) is 0 Å². The largest absolute Gasteiger partial charge is 0.306 e. The van der Waals surface area contributed by atoms with Gasteiger partial charge in [-0.2, -0.15) is 0 Å². The van der Waals surface area contributed by atoms with Crippen molar-refractivity contribution in [1.29, 1.82) is 0 Å². The van der Waals surface area contributed by atoms with Gasteiger partial charge in [-0.1, -0.05) is 62.7 Å². The molecule has 0 radical (unpaired) electrons. The van der Waals surface area contributed by atoms with Crippen LogP contribution in [0.25, 0.3) is 0 Å². The molecule has 0 heterocycles. The van der Waals surface area contributed by atoms with Crippen molar-refractivity contribution in [3.63, 3.8) is 0 Å². The van der Waals surface area contributed by atoms with E-state index >= 15 is 0 Å². The van der Waals surface area contributed by atoms with E-state index in [9.17, 15) is 4.39 Å². The van der Waals surface area contributed by atoms with Crippen LogP contribution in [0.2, 0.25) is 0 Å². The van der Waals surface area contributed by atoms with Gasteiger partial charge in [0.1, 0.15) is 5.82 Å². The minimum atomic E-state index is -0.146. The Morgan fingerprint density at radius 2 is 1.81 bits per heavy atom. The predicted octanol–water partition coefficient (Wildman–Crippen LogP) is 4.87. The highest BCUT2D eigenvalue weighted by Gasteiger charge is 2.17. The first-order valence-corrected chi connectivity index (χ1v) is 7.83. The molecule has 2 heteroatoms. The Morgan fingerprint density at radius 1 is 1.00 bits per heavy atom. The lowest BCUT2D eigenvalue weighted by Gasteiger charge is -2.21. The first-order chi connectivity index (χ1) is 10.3. The molecule has 0 bridgehead atoms. The average molecular weight is 285 g/mol. The normalized spacial score (nSPS) is 12.3. The number of aryl methyl sites for hydroxylation is 1. The lowest BCUT2D eigenvalue weighted by atomic mass is 9.95. The molecule has 0 amide bonds. The summed E-state index contributed by atoms with van der Waals surface area (Å²) in [7, 11) is 0. The third-order valence-electron chi connectivity index (χ3n) is 3.64. The molecule has 0 aliphatic carbocycles. The topological polar surface area (TPSA) is 12.0 Å². The molecule has 2 rings (SSSR count). The van der Waals surface area contributed by atoms with E-state index in [0.29, 0.717) is 0 Å². The molecule has 1 atom stereocenters. The Labute approximate surface area is 127 Å². The summed E-state index contributed by atoms with van der Waals surface area (Å²) in [5.74, 6) is -0.146. The van der Waals surface area contributed by atoms with Gasteiger partial charge in [-0.3, -0.25) is 0 Å². The van der Waals surface area contributed by atoms with Crippen molar-refractivity contribution in [2.45, 2.75) is 39.2 Å². The molecule has 2 aromatic carbocycles. The summed E-state index contributed by atoms with van der Waals surface area (Å²) in [5, 5.41) is 3.47. The van der Waals surface area contributed by atoms with E-state index in [2.05, 4.69) is 43.4 Å². The highest BCUT2D eigenvalue weighted by atomic mass is 19.1. The maximum absolute atomic E-state index is 14.2. The number of hydrogen-bond acceptors (Lipinski definition) is 1. The molecule has 0 fully saturated rings. The van der Waals surface area contributed by atoms with Crippen molar-refractivity contribution >= 4 is 0 Å². The van der Waals surface area contributed by atoms with Crippen LogP contribution in [0, 0.1) is 5.82 Å². The van der Waals surface area contributed by atoms with Gasteiger partial charge in [-0.15, -0.1) is 0 Å². The van der Waals surface area contributed by atoms with E-state index in [1.54, 1.807) is 6.07 Å². The standard InChI is InChI=1S/C19H24FN/c1-3-8-15-9-7-10-16(14-15)19(21-13-4-2)17-11-5-6-12-18(17)20/h5-7,9-12,14,19,21H,3-4,8,13H2,1-2H3. The van der Waals surface area contributed by atoms with Crippen LogP contribution < -0.4 is 5.32 Å². The van der Waals surface area contributed by atoms with Crippen LogP contribution in [0.5, 0.6) is 0 Å². The minimum Gasteiger partial charge on any atom is -0.306 e. The maximum atomic E-state index is 14.2. The van der Waals surface area contributed by atoms with E-state index < -0.39 is 0 Å². The molecule has 112 valence electrons. The van der Waals surface area contributed by atoms with Crippen LogP contribution >= 0.6 is 0 Å². The summed E-state index contributed by atoms with van der Waals surface area (Å²) in [4.78, 5) is 0. The monoisotopic (exact) mass is 285 g/mol. The number of hydrogen-bond donors (Lipinski definition) is 1. The molecule has 1 N–H and O–H groups in total. The van der Waals surface area contributed by atoms with Crippen LogP contribution in [-0.4, -0.2) is 6.54 Å². The third-order valence-corrected chi connectivity index (χ3v) is 3.64. The van der Waals surface area contributed by atoms with E-state index in [1.165, 1.54) is 11.6 Å². The summed E-state index contributed by atoms with van der Waals surface area (Å²) in [5.41, 5.74) is 3.17.